The third-order valence-electron chi connectivity index (χ3n) is 13.2. The van der Waals surface area contributed by atoms with Gasteiger partial charge in [-0.25, -0.2) is 0 Å². The first-order valence-electron chi connectivity index (χ1n) is 26.3. The van der Waals surface area contributed by atoms with E-state index in [1.807, 2.05) is 0 Å². The van der Waals surface area contributed by atoms with Crippen LogP contribution in [0.1, 0.15) is 234 Å². The molecule has 8 N–H and O–H groups in total. The number of primary amides is 1. The first kappa shape index (κ1) is 62.3. The van der Waals surface area contributed by atoms with Crippen molar-refractivity contribution in [2.45, 2.75) is 234 Å². The van der Waals surface area contributed by atoms with E-state index in [0.29, 0.717) is 19.3 Å². The Morgan fingerprint density at radius 1 is 0.485 bits per heavy atom. The highest BCUT2D eigenvalue weighted by Gasteiger charge is 2.44. The van der Waals surface area contributed by atoms with E-state index in [0.717, 1.165) is 51.4 Å². The molecule has 0 aliphatic rings. The second kappa shape index (κ2) is 38.3. The number of unbranched alkanes of at least 4 members (excludes halogenated alkanes) is 21. The quantitative estimate of drug-likeness (QED) is 0.0288. The van der Waals surface area contributed by atoms with Gasteiger partial charge in [-0.3, -0.25) is 33.6 Å². The van der Waals surface area contributed by atoms with Gasteiger partial charge in [-0.05, 0) is 32.1 Å². The summed E-state index contributed by atoms with van der Waals surface area (Å²) in [7, 11) is 0. The van der Waals surface area contributed by atoms with Crippen LogP contribution in [0.4, 0.5) is 0 Å². The summed E-state index contributed by atoms with van der Waals surface area (Å²) < 4.78 is 0. The lowest BCUT2D eigenvalue weighted by molar-refractivity contribution is -0.144. The summed E-state index contributed by atoms with van der Waals surface area (Å²) in [6.07, 6.45) is 28.0. The summed E-state index contributed by atoms with van der Waals surface area (Å²) in [6.45, 7) is 11.6. The van der Waals surface area contributed by atoms with Gasteiger partial charge in [-0.15, -0.1) is 0 Å². The van der Waals surface area contributed by atoms with Gasteiger partial charge in [0.1, 0.15) is 0 Å². The Morgan fingerprint density at radius 3 is 1.29 bits per heavy atom. The van der Waals surface area contributed by atoms with E-state index in [2.05, 4.69) is 35.1 Å². The van der Waals surface area contributed by atoms with Crippen LogP contribution < -0.4 is 27.0 Å². The third-order valence-corrected chi connectivity index (χ3v) is 13.2. The number of aliphatic carboxylic acids is 2. The van der Waals surface area contributed by atoms with Gasteiger partial charge in [0.05, 0.1) is 12.3 Å². The van der Waals surface area contributed by atoms with Crippen molar-refractivity contribution < 1.29 is 43.8 Å². The Morgan fingerprint density at radius 2 is 0.879 bits per heavy atom. The van der Waals surface area contributed by atoms with Crippen LogP contribution in [0.25, 0.3) is 0 Å². The predicted molar refractivity (Wildman–Crippen MR) is 264 cm³/mol. The van der Waals surface area contributed by atoms with Crippen LogP contribution in [-0.4, -0.2) is 77.9 Å². The first-order chi connectivity index (χ1) is 31.4. The van der Waals surface area contributed by atoms with Crippen molar-refractivity contribution in [3.63, 3.8) is 0 Å². The summed E-state index contributed by atoms with van der Waals surface area (Å²) in [6, 6.07) is 0. The molecule has 0 aromatic carbocycles. The highest BCUT2D eigenvalue weighted by molar-refractivity contribution is 5.87. The van der Waals surface area contributed by atoms with Gasteiger partial charge >= 0.3 is 11.9 Å². The van der Waals surface area contributed by atoms with Crippen LogP contribution in [0.3, 0.4) is 0 Å². The second-order valence-corrected chi connectivity index (χ2v) is 20.0. The Hall–Kier alpha value is -3.71. The van der Waals surface area contributed by atoms with Crippen LogP contribution in [0.15, 0.2) is 0 Å². The minimum atomic E-state index is -1.21. The fourth-order valence-corrected chi connectivity index (χ4v) is 9.06. The van der Waals surface area contributed by atoms with Crippen LogP contribution in [0, 0.1) is 28.6 Å². The lowest BCUT2D eigenvalue weighted by Crippen LogP contribution is -2.49. The smallest absolute Gasteiger partial charge is 0.307 e. The molecule has 14 nitrogen and oxygen atoms in total. The molecule has 0 fully saturated rings. The zero-order chi connectivity index (χ0) is 49.6. The molecule has 0 aliphatic heterocycles. The van der Waals surface area contributed by atoms with Gasteiger partial charge in [0, 0.05) is 55.3 Å². The maximum atomic E-state index is 13.8. The molecule has 0 aliphatic carbocycles. The first-order valence-corrected chi connectivity index (χ1v) is 26.3. The highest BCUT2D eigenvalue weighted by atomic mass is 16.4. The number of carbonyl (C=O) groups is 7. The molecule has 384 valence electrons. The molecule has 0 radical (unpaired) electrons. The number of nitrogens with one attached hydrogen (secondary N) is 4. The number of rotatable bonds is 45. The third kappa shape index (κ3) is 31.3. The van der Waals surface area contributed by atoms with Crippen LogP contribution in [-0.2, 0) is 33.6 Å². The fraction of sp³-hybridized carbons (Fsp3) is 0.865. The monoisotopic (exact) mass is 936 g/mol. The Bertz CT molecular complexity index is 1380. The summed E-state index contributed by atoms with van der Waals surface area (Å²) in [5, 5.41) is 30.4. The molecular formula is C52H97N5O9. The van der Waals surface area contributed by atoms with Crippen LogP contribution in [0.2, 0.25) is 0 Å². The van der Waals surface area contributed by atoms with E-state index in [1.54, 1.807) is 27.7 Å². The van der Waals surface area contributed by atoms with Crippen molar-refractivity contribution in [3.05, 3.63) is 0 Å². The summed E-state index contributed by atoms with van der Waals surface area (Å²) in [5.74, 6) is -6.20. The van der Waals surface area contributed by atoms with Gasteiger partial charge < -0.3 is 37.2 Å². The lowest BCUT2D eigenvalue weighted by Gasteiger charge is -2.37. The number of carbonyl (C=O) groups excluding carboxylic acids is 5. The molecule has 0 heterocycles. The molecule has 0 aromatic heterocycles. The Balaban J connectivity index is 5.01. The number of amides is 5. The lowest BCUT2D eigenvalue weighted by atomic mass is 9.68. The standard InChI is InChI=1S/C52H97N5O9/c1-7-10-12-14-16-18-20-22-24-26-28-30-32-43(48(63)64)37-44(58)54-33-35-57-50(66)52(6,39-41(9-3)46(53)61)40-51(4,5)49(65)56-36-34-55-47(62)42(38-45(59)60)31-29-27-25-23-21-19-17-15-13-11-8-2/h41-43H,7-40H2,1-6H3,(H2,53,61)(H,54,58)(H,55,62)(H,56,65)(H,57,66)(H,59,60)(H,63,64). The molecule has 0 spiro atoms. The van der Waals surface area contributed by atoms with E-state index >= 15 is 0 Å². The topological polar surface area (TPSA) is 234 Å². The van der Waals surface area contributed by atoms with Crippen molar-refractivity contribution in [1.82, 2.24) is 21.3 Å². The number of hydrogen-bond acceptors (Lipinski definition) is 7. The van der Waals surface area contributed by atoms with Crippen LogP contribution in [0.5, 0.6) is 0 Å². The molecule has 5 amide bonds. The van der Waals surface area contributed by atoms with Crippen molar-refractivity contribution >= 4 is 41.5 Å². The zero-order valence-corrected chi connectivity index (χ0v) is 42.6. The summed E-state index contributed by atoms with van der Waals surface area (Å²) >= 11 is 0. The van der Waals surface area contributed by atoms with E-state index in [9.17, 15) is 43.8 Å². The van der Waals surface area contributed by atoms with E-state index in [-0.39, 0.29) is 63.7 Å². The molecule has 4 atom stereocenters. The molecule has 0 rings (SSSR count). The molecule has 66 heavy (non-hydrogen) atoms. The van der Waals surface area contributed by atoms with Gasteiger partial charge in [-0.2, -0.15) is 0 Å². The molecular weight excluding hydrogens is 839 g/mol. The van der Waals surface area contributed by atoms with E-state index in [4.69, 9.17) is 5.73 Å². The molecule has 0 aromatic rings. The number of nitrogens with two attached hydrogens (primary N) is 1. The molecule has 0 saturated heterocycles. The Labute approximate surface area is 400 Å². The van der Waals surface area contributed by atoms with Crippen LogP contribution >= 0.6 is 0 Å². The normalized spacial score (nSPS) is 13.8. The Kier molecular flexibility index (Phi) is 36.1. The van der Waals surface area contributed by atoms with Crippen molar-refractivity contribution in [2.75, 3.05) is 26.2 Å². The average molecular weight is 936 g/mol. The highest BCUT2D eigenvalue weighted by Crippen LogP contribution is 2.40. The molecule has 0 bridgehead atoms. The summed E-state index contributed by atoms with van der Waals surface area (Å²) in [5.41, 5.74) is 3.39. The van der Waals surface area contributed by atoms with Crippen molar-refractivity contribution in [2.24, 2.45) is 34.3 Å². The van der Waals surface area contributed by atoms with E-state index in [1.165, 1.54) is 96.3 Å². The van der Waals surface area contributed by atoms with Crippen molar-refractivity contribution in [3.8, 4) is 0 Å². The minimum Gasteiger partial charge on any atom is -0.481 e. The molecule has 4 unspecified atom stereocenters. The minimum absolute atomic E-state index is 0.0540. The zero-order valence-electron chi connectivity index (χ0n) is 42.6. The molecule has 0 saturated carbocycles. The summed E-state index contributed by atoms with van der Waals surface area (Å²) in [4.78, 5) is 88.9. The predicted octanol–water partition coefficient (Wildman–Crippen LogP) is 9.75. The maximum Gasteiger partial charge on any atom is 0.307 e. The second-order valence-electron chi connectivity index (χ2n) is 20.0. The van der Waals surface area contributed by atoms with Gasteiger partial charge in [0.25, 0.3) is 0 Å². The van der Waals surface area contributed by atoms with E-state index < -0.39 is 58.2 Å². The molecule has 14 heteroatoms. The largest absolute Gasteiger partial charge is 0.481 e. The SMILES string of the molecule is CCCCCCCCCCCCCCC(CC(=O)NCCNC(=O)C(C)(CC(CC)C(N)=O)CC(C)(C)C(=O)NCCNC(=O)C(CCCCCCCCCCCCC)CC(=O)O)C(=O)O. The average Bonchev–Trinajstić information content (AvgIpc) is 3.26. The van der Waals surface area contributed by atoms with Gasteiger partial charge in [0.15, 0.2) is 0 Å². The van der Waals surface area contributed by atoms with Crippen molar-refractivity contribution in [1.29, 1.82) is 0 Å². The number of carboxylic acids is 2. The number of hydrogen-bond donors (Lipinski definition) is 7. The fourth-order valence-electron chi connectivity index (χ4n) is 9.06. The van der Waals surface area contributed by atoms with Gasteiger partial charge in [0.2, 0.25) is 29.5 Å². The van der Waals surface area contributed by atoms with Gasteiger partial charge in [-0.1, -0.05) is 189 Å². The number of carboxylic acid groups (broad SMARTS) is 2. The maximum absolute atomic E-state index is 13.8.